The van der Waals surface area contributed by atoms with Crippen LogP contribution in [0.3, 0.4) is 0 Å². The molecule has 1 aliphatic rings. The minimum Gasteiger partial charge on any atom is -0.373 e. The summed E-state index contributed by atoms with van der Waals surface area (Å²) in [6.07, 6.45) is 2.14. The van der Waals surface area contributed by atoms with Crippen LogP contribution < -0.4 is 10.6 Å². The lowest BCUT2D eigenvalue weighted by Gasteiger charge is -2.14. The molecule has 0 saturated heterocycles. The van der Waals surface area contributed by atoms with Crippen molar-refractivity contribution in [3.63, 3.8) is 0 Å². The Kier molecular flexibility index (Phi) is 3.45. The van der Waals surface area contributed by atoms with Gasteiger partial charge in [0.2, 0.25) is 0 Å². The zero-order valence-corrected chi connectivity index (χ0v) is 11.9. The Morgan fingerprint density at radius 1 is 1.14 bits per heavy atom. The molecule has 1 heterocycles. The number of rotatable bonds is 4. The van der Waals surface area contributed by atoms with E-state index in [9.17, 15) is 8.78 Å². The standard InChI is InChI=1S/C15H16F2N4/c1-8-13(18-2)20-15(9-3-4-9)21-14(8)19-12-7-10(16)5-6-11(12)17/h5-7,9H,3-4H2,1-2H3,(H2,18,19,20,21). The lowest BCUT2D eigenvalue weighted by molar-refractivity contribution is 0.603. The van der Waals surface area contributed by atoms with Crippen LogP contribution in [-0.2, 0) is 0 Å². The highest BCUT2D eigenvalue weighted by Gasteiger charge is 2.28. The molecule has 6 heteroatoms. The van der Waals surface area contributed by atoms with Gasteiger partial charge in [-0.05, 0) is 31.9 Å². The van der Waals surface area contributed by atoms with E-state index in [1.165, 1.54) is 0 Å². The maximum atomic E-state index is 13.8. The van der Waals surface area contributed by atoms with Crippen molar-refractivity contribution >= 4 is 17.3 Å². The van der Waals surface area contributed by atoms with Crippen molar-refractivity contribution in [1.29, 1.82) is 0 Å². The minimum absolute atomic E-state index is 0.0700. The summed E-state index contributed by atoms with van der Waals surface area (Å²) in [5.41, 5.74) is 0.839. The fraction of sp³-hybridized carbons (Fsp3) is 0.333. The molecule has 2 aromatic rings. The monoisotopic (exact) mass is 290 g/mol. The van der Waals surface area contributed by atoms with E-state index in [1.54, 1.807) is 7.05 Å². The highest BCUT2D eigenvalue weighted by atomic mass is 19.1. The Morgan fingerprint density at radius 2 is 1.86 bits per heavy atom. The SMILES string of the molecule is CNc1nc(C2CC2)nc(Nc2cc(F)ccc2F)c1C. The van der Waals surface area contributed by atoms with E-state index in [-0.39, 0.29) is 5.69 Å². The Balaban J connectivity index is 2.00. The van der Waals surface area contributed by atoms with E-state index < -0.39 is 11.6 Å². The summed E-state index contributed by atoms with van der Waals surface area (Å²) in [4.78, 5) is 8.92. The molecule has 0 radical (unpaired) electrons. The molecule has 1 fully saturated rings. The predicted octanol–water partition coefficient (Wildman–Crippen LogP) is 3.73. The number of hydrogen-bond acceptors (Lipinski definition) is 4. The van der Waals surface area contributed by atoms with Gasteiger partial charge in [0.1, 0.15) is 29.1 Å². The number of nitrogens with zero attached hydrogens (tertiary/aromatic N) is 2. The van der Waals surface area contributed by atoms with Gasteiger partial charge in [-0.3, -0.25) is 0 Å². The molecular weight excluding hydrogens is 274 g/mol. The van der Waals surface area contributed by atoms with Crippen LogP contribution in [0.25, 0.3) is 0 Å². The first kappa shape index (κ1) is 13.7. The molecule has 0 bridgehead atoms. The molecule has 0 aliphatic heterocycles. The Hall–Kier alpha value is -2.24. The summed E-state index contributed by atoms with van der Waals surface area (Å²) in [5, 5.41) is 5.88. The average molecular weight is 290 g/mol. The highest BCUT2D eigenvalue weighted by Crippen LogP contribution is 2.39. The first-order chi connectivity index (χ1) is 10.1. The van der Waals surface area contributed by atoms with Gasteiger partial charge >= 0.3 is 0 Å². The molecule has 0 amide bonds. The van der Waals surface area contributed by atoms with E-state index in [0.29, 0.717) is 17.6 Å². The molecule has 1 saturated carbocycles. The lowest BCUT2D eigenvalue weighted by Crippen LogP contribution is -2.07. The topological polar surface area (TPSA) is 49.8 Å². The van der Waals surface area contributed by atoms with Gasteiger partial charge in [-0.1, -0.05) is 0 Å². The zero-order valence-electron chi connectivity index (χ0n) is 11.9. The molecule has 21 heavy (non-hydrogen) atoms. The van der Waals surface area contributed by atoms with Crippen molar-refractivity contribution in [2.24, 2.45) is 0 Å². The van der Waals surface area contributed by atoms with Crippen molar-refractivity contribution in [3.05, 3.63) is 41.2 Å². The molecule has 2 N–H and O–H groups in total. The summed E-state index contributed by atoms with van der Waals surface area (Å²) < 4.78 is 27.0. The molecular formula is C15H16F2N4. The third kappa shape index (κ3) is 2.79. The number of halogens is 2. The average Bonchev–Trinajstić information content (AvgIpc) is 3.29. The molecule has 4 nitrogen and oxygen atoms in total. The molecule has 1 aromatic carbocycles. The number of aromatic nitrogens is 2. The summed E-state index contributed by atoms with van der Waals surface area (Å²) in [6.45, 7) is 1.84. The molecule has 0 spiro atoms. The van der Waals surface area contributed by atoms with Crippen molar-refractivity contribution < 1.29 is 8.78 Å². The Labute approximate surface area is 121 Å². The molecule has 3 rings (SSSR count). The van der Waals surface area contributed by atoms with Crippen LogP contribution in [-0.4, -0.2) is 17.0 Å². The number of anilines is 3. The maximum absolute atomic E-state index is 13.8. The fourth-order valence-electron chi connectivity index (χ4n) is 2.14. The minimum atomic E-state index is -0.520. The summed E-state index contributed by atoms with van der Waals surface area (Å²) >= 11 is 0. The van der Waals surface area contributed by atoms with Gasteiger partial charge in [-0.25, -0.2) is 18.7 Å². The highest BCUT2D eigenvalue weighted by molar-refractivity contribution is 5.65. The third-order valence-electron chi connectivity index (χ3n) is 3.52. The quantitative estimate of drug-likeness (QED) is 0.901. The second-order valence-electron chi connectivity index (χ2n) is 5.18. The van der Waals surface area contributed by atoms with Crippen LogP contribution in [0.2, 0.25) is 0 Å². The first-order valence-electron chi connectivity index (χ1n) is 6.87. The van der Waals surface area contributed by atoms with Crippen LogP contribution in [0.5, 0.6) is 0 Å². The summed E-state index contributed by atoms with van der Waals surface area (Å²) in [7, 11) is 1.78. The van der Waals surface area contributed by atoms with Crippen molar-refractivity contribution in [1.82, 2.24) is 9.97 Å². The second kappa shape index (κ2) is 5.27. The number of benzene rings is 1. The zero-order chi connectivity index (χ0) is 15.0. The van der Waals surface area contributed by atoms with Gasteiger partial charge in [0, 0.05) is 24.6 Å². The van der Waals surface area contributed by atoms with Crippen LogP contribution >= 0.6 is 0 Å². The number of nitrogens with one attached hydrogen (secondary N) is 2. The van der Waals surface area contributed by atoms with Gasteiger partial charge in [0.15, 0.2) is 0 Å². The fourth-order valence-corrected chi connectivity index (χ4v) is 2.14. The van der Waals surface area contributed by atoms with E-state index in [4.69, 9.17) is 0 Å². The summed E-state index contributed by atoms with van der Waals surface area (Å²) in [5.74, 6) is 1.29. The molecule has 1 aliphatic carbocycles. The van der Waals surface area contributed by atoms with Gasteiger partial charge in [0.05, 0.1) is 5.69 Å². The van der Waals surface area contributed by atoms with Crippen molar-refractivity contribution in [2.75, 3.05) is 17.7 Å². The van der Waals surface area contributed by atoms with E-state index in [1.807, 2.05) is 6.92 Å². The van der Waals surface area contributed by atoms with Crippen LogP contribution in [0.4, 0.5) is 26.1 Å². The second-order valence-corrected chi connectivity index (χ2v) is 5.18. The van der Waals surface area contributed by atoms with Gasteiger partial charge in [0.25, 0.3) is 0 Å². The van der Waals surface area contributed by atoms with E-state index in [2.05, 4.69) is 20.6 Å². The molecule has 110 valence electrons. The lowest BCUT2D eigenvalue weighted by atomic mass is 10.2. The van der Waals surface area contributed by atoms with Crippen LogP contribution in [0.15, 0.2) is 18.2 Å². The van der Waals surface area contributed by atoms with Crippen molar-refractivity contribution in [3.8, 4) is 0 Å². The van der Waals surface area contributed by atoms with Crippen molar-refractivity contribution in [2.45, 2.75) is 25.7 Å². The number of hydrogen-bond donors (Lipinski definition) is 2. The Bertz CT molecular complexity index is 684. The van der Waals surface area contributed by atoms with E-state index >= 15 is 0 Å². The molecule has 1 aromatic heterocycles. The van der Waals surface area contributed by atoms with Crippen LogP contribution in [0.1, 0.15) is 30.1 Å². The van der Waals surface area contributed by atoms with Gasteiger partial charge < -0.3 is 10.6 Å². The third-order valence-corrected chi connectivity index (χ3v) is 3.52. The van der Waals surface area contributed by atoms with Gasteiger partial charge in [-0.15, -0.1) is 0 Å². The largest absolute Gasteiger partial charge is 0.373 e. The van der Waals surface area contributed by atoms with Gasteiger partial charge in [-0.2, -0.15) is 0 Å². The normalized spacial score (nSPS) is 14.1. The molecule has 0 unspecified atom stereocenters. The first-order valence-corrected chi connectivity index (χ1v) is 6.87. The predicted molar refractivity (Wildman–Crippen MR) is 77.9 cm³/mol. The maximum Gasteiger partial charge on any atom is 0.146 e. The molecule has 0 atom stereocenters. The van der Waals surface area contributed by atoms with E-state index in [0.717, 1.165) is 42.4 Å². The summed E-state index contributed by atoms with van der Waals surface area (Å²) in [6, 6.07) is 3.30. The van der Waals surface area contributed by atoms with Crippen LogP contribution in [0, 0.1) is 18.6 Å². The Morgan fingerprint density at radius 3 is 2.52 bits per heavy atom. The smallest absolute Gasteiger partial charge is 0.146 e.